The van der Waals surface area contributed by atoms with E-state index in [4.69, 9.17) is 10.3 Å². The van der Waals surface area contributed by atoms with Gasteiger partial charge in [-0.15, -0.1) is 0 Å². The van der Waals surface area contributed by atoms with Crippen molar-refractivity contribution in [3.8, 4) is 11.5 Å². The molecule has 1 heterocycles. The highest BCUT2D eigenvalue weighted by molar-refractivity contribution is 7.90. The fourth-order valence-corrected chi connectivity index (χ4v) is 1.93. The molecule has 1 aromatic heterocycles. The van der Waals surface area contributed by atoms with Crippen LogP contribution in [0.4, 0.5) is 14.5 Å². The third kappa shape index (κ3) is 2.62. The van der Waals surface area contributed by atoms with Crippen LogP contribution in [0, 0.1) is 11.6 Å². The molecule has 1 atom stereocenters. The molecule has 0 aliphatic carbocycles. The Labute approximate surface area is 113 Å². The zero-order valence-corrected chi connectivity index (χ0v) is 11.4. The first kappa shape index (κ1) is 14.4. The zero-order chi connectivity index (χ0) is 15.1. The van der Waals surface area contributed by atoms with E-state index in [1.807, 2.05) is 0 Å². The van der Waals surface area contributed by atoms with Crippen molar-refractivity contribution in [3.05, 3.63) is 29.6 Å². The summed E-state index contributed by atoms with van der Waals surface area (Å²) in [6, 6.07) is 1.60. The SMILES string of the molecule is CC(c1noc(-c2cc(F)c(F)cc2N)n1)S(C)(=O)=O. The van der Waals surface area contributed by atoms with E-state index in [9.17, 15) is 17.2 Å². The maximum absolute atomic E-state index is 13.2. The van der Waals surface area contributed by atoms with Crippen molar-refractivity contribution >= 4 is 15.5 Å². The van der Waals surface area contributed by atoms with Gasteiger partial charge in [-0.25, -0.2) is 17.2 Å². The number of rotatable bonds is 3. The topological polar surface area (TPSA) is 99.1 Å². The number of anilines is 1. The van der Waals surface area contributed by atoms with Crippen molar-refractivity contribution in [1.82, 2.24) is 10.1 Å². The molecule has 0 saturated heterocycles. The van der Waals surface area contributed by atoms with E-state index in [0.29, 0.717) is 0 Å². The molecule has 0 spiro atoms. The van der Waals surface area contributed by atoms with Gasteiger partial charge in [-0.1, -0.05) is 5.16 Å². The number of sulfone groups is 1. The first-order valence-corrected chi connectivity index (χ1v) is 7.43. The van der Waals surface area contributed by atoms with Gasteiger partial charge in [0.2, 0.25) is 0 Å². The van der Waals surface area contributed by atoms with Gasteiger partial charge in [-0.05, 0) is 13.0 Å². The normalized spacial score (nSPS) is 13.4. The number of hydrogen-bond acceptors (Lipinski definition) is 6. The molecule has 108 valence electrons. The lowest BCUT2D eigenvalue weighted by Gasteiger charge is -2.02. The largest absolute Gasteiger partial charge is 0.398 e. The van der Waals surface area contributed by atoms with Crippen molar-refractivity contribution in [2.45, 2.75) is 12.2 Å². The van der Waals surface area contributed by atoms with Crippen LogP contribution in [-0.4, -0.2) is 24.8 Å². The molecular formula is C11H11F2N3O3S. The molecule has 0 radical (unpaired) electrons. The number of aromatic nitrogens is 2. The number of benzene rings is 1. The van der Waals surface area contributed by atoms with Crippen LogP contribution in [0.3, 0.4) is 0 Å². The van der Waals surface area contributed by atoms with Gasteiger partial charge in [0.25, 0.3) is 5.89 Å². The average molecular weight is 303 g/mol. The van der Waals surface area contributed by atoms with E-state index < -0.39 is 26.7 Å². The van der Waals surface area contributed by atoms with Crippen LogP contribution in [0.5, 0.6) is 0 Å². The van der Waals surface area contributed by atoms with Gasteiger partial charge in [0.05, 0.1) is 5.56 Å². The van der Waals surface area contributed by atoms with E-state index in [0.717, 1.165) is 18.4 Å². The molecular weight excluding hydrogens is 292 g/mol. The van der Waals surface area contributed by atoms with Crippen LogP contribution >= 0.6 is 0 Å². The van der Waals surface area contributed by atoms with Gasteiger partial charge in [0.1, 0.15) is 5.25 Å². The molecule has 2 rings (SSSR count). The molecule has 6 nitrogen and oxygen atoms in total. The van der Waals surface area contributed by atoms with Crippen LogP contribution < -0.4 is 5.73 Å². The third-order valence-electron chi connectivity index (χ3n) is 2.77. The van der Waals surface area contributed by atoms with Crippen LogP contribution in [0.25, 0.3) is 11.5 Å². The number of nitrogens with two attached hydrogens (primary N) is 1. The van der Waals surface area contributed by atoms with E-state index in [2.05, 4.69) is 10.1 Å². The number of halogens is 2. The summed E-state index contributed by atoms with van der Waals surface area (Å²) in [5, 5.41) is 2.54. The van der Waals surface area contributed by atoms with E-state index in [1.54, 1.807) is 0 Å². The second kappa shape index (κ2) is 4.82. The molecule has 2 aromatic rings. The Morgan fingerprint density at radius 2 is 1.90 bits per heavy atom. The molecule has 0 aliphatic heterocycles. The lowest BCUT2D eigenvalue weighted by Crippen LogP contribution is -2.09. The summed E-state index contributed by atoms with van der Waals surface area (Å²) in [7, 11) is -3.40. The Hall–Kier alpha value is -2.03. The highest BCUT2D eigenvalue weighted by Gasteiger charge is 2.24. The molecule has 1 unspecified atom stereocenters. The molecule has 9 heteroatoms. The van der Waals surface area contributed by atoms with Gasteiger partial charge in [0.15, 0.2) is 27.3 Å². The molecule has 0 bridgehead atoms. The first-order valence-electron chi connectivity index (χ1n) is 5.47. The predicted molar refractivity (Wildman–Crippen MR) is 67.3 cm³/mol. The van der Waals surface area contributed by atoms with Crippen molar-refractivity contribution in [3.63, 3.8) is 0 Å². The van der Waals surface area contributed by atoms with Crippen molar-refractivity contribution in [2.24, 2.45) is 0 Å². The molecule has 0 fully saturated rings. The Morgan fingerprint density at radius 1 is 1.30 bits per heavy atom. The molecule has 0 saturated carbocycles. The zero-order valence-electron chi connectivity index (χ0n) is 10.6. The van der Waals surface area contributed by atoms with Gasteiger partial charge in [-0.2, -0.15) is 4.98 Å². The Balaban J connectivity index is 2.47. The summed E-state index contributed by atoms with van der Waals surface area (Å²) in [4.78, 5) is 3.85. The molecule has 0 aliphatic rings. The fraction of sp³-hybridized carbons (Fsp3) is 0.273. The van der Waals surface area contributed by atoms with Crippen LogP contribution in [0.2, 0.25) is 0 Å². The van der Waals surface area contributed by atoms with Crippen LogP contribution in [-0.2, 0) is 9.84 Å². The van der Waals surface area contributed by atoms with Gasteiger partial charge < -0.3 is 10.3 Å². The van der Waals surface area contributed by atoms with E-state index in [1.165, 1.54) is 6.92 Å². The highest BCUT2D eigenvalue weighted by Crippen LogP contribution is 2.28. The lowest BCUT2D eigenvalue weighted by atomic mass is 10.1. The minimum atomic E-state index is -3.40. The van der Waals surface area contributed by atoms with E-state index >= 15 is 0 Å². The molecule has 20 heavy (non-hydrogen) atoms. The molecule has 2 N–H and O–H groups in total. The fourth-order valence-electron chi connectivity index (χ4n) is 1.45. The van der Waals surface area contributed by atoms with Crippen molar-refractivity contribution in [1.29, 1.82) is 0 Å². The highest BCUT2D eigenvalue weighted by atomic mass is 32.2. The predicted octanol–water partition coefficient (Wildman–Crippen LogP) is 1.70. The van der Waals surface area contributed by atoms with Crippen molar-refractivity contribution in [2.75, 3.05) is 12.0 Å². The summed E-state index contributed by atoms with van der Waals surface area (Å²) >= 11 is 0. The maximum atomic E-state index is 13.2. The number of hydrogen-bond donors (Lipinski definition) is 1. The lowest BCUT2D eigenvalue weighted by molar-refractivity contribution is 0.421. The second-order valence-corrected chi connectivity index (χ2v) is 6.65. The van der Waals surface area contributed by atoms with Gasteiger partial charge >= 0.3 is 0 Å². The number of nitrogens with zero attached hydrogens (tertiary/aromatic N) is 2. The van der Waals surface area contributed by atoms with Crippen LogP contribution in [0.15, 0.2) is 16.7 Å². The Morgan fingerprint density at radius 3 is 2.50 bits per heavy atom. The first-order chi connectivity index (χ1) is 9.20. The number of nitrogen functional groups attached to an aromatic ring is 1. The Bertz CT molecular complexity index is 758. The summed E-state index contributed by atoms with van der Waals surface area (Å²) < 4.78 is 53.8. The monoisotopic (exact) mass is 303 g/mol. The van der Waals surface area contributed by atoms with Crippen LogP contribution in [0.1, 0.15) is 18.0 Å². The summed E-state index contributed by atoms with van der Waals surface area (Å²) in [5.74, 6) is -2.47. The van der Waals surface area contributed by atoms with E-state index in [-0.39, 0.29) is 23.0 Å². The molecule has 0 amide bonds. The maximum Gasteiger partial charge on any atom is 0.260 e. The van der Waals surface area contributed by atoms with Gasteiger partial charge in [-0.3, -0.25) is 0 Å². The molecule has 1 aromatic carbocycles. The minimum Gasteiger partial charge on any atom is -0.398 e. The smallest absolute Gasteiger partial charge is 0.260 e. The summed E-state index contributed by atoms with van der Waals surface area (Å²) in [6.07, 6.45) is 1.03. The summed E-state index contributed by atoms with van der Waals surface area (Å²) in [5.41, 5.74) is 5.45. The van der Waals surface area contributed by atoms with Gasteiger partial charge in [0, 0.05) is 18.0 Å². The average Bonchev–Trinajstić information content (AvgIpc) is 2.80. The third-order valence-corrected chi connectivity index (χ3v) is 4.27. The summed E-state index contributed by atoms with van der Waals surface area (Å²) in [6.45, 7) is 1.39. The second-order valence-electron chi connectivity index (χ2n) is 4.28. The minimum absolute atomic E-state index is 0.00310. The Kier molecular flexibility index (Phi) is 3.46. The standard InChI is InChI=1S/C11H11F2N3O3S/c1-5(20(2,17)18)10-15-11(19-16-10)6-3-7(12)8(13)4-9(6)14/h3-5H,14H2,1-2H3. The quantitative estimate of drug-likeness (QED) is 0.866. The van der Waals surface area contributed by atoms with Crippen molar-refractivity contribution < 1.29 is 21.7 Å².